The molecule has 8 nitrogen and oxygen atoms in total. The number of rotatable bonds is 4. The Morgan fingerprint density at radius 1 is 1.05 bits per heavy atom. The van der Waals surface area contributed by atoms with Gasteiger partial charge in [0.25, 0.3) is 0 Å². The summed E-state index contributed by atoms with van der Waals surface area (Å²) in [6.07, 6.45) is 2.46. The van der Waals surface area contributed by atoms with Crippen molar-refractivity contribution in [1.29, 1.82) is 0 Å². The van der Waals surface area contributed by atoms with E-state index in [4.69, 9.17) is 5.73 Å². The van der Waals surface area contributed by atoms with Gasteiger partial charge in [0.1, 0.15) is 0 Å². The Balaban J connectivity index is 1.76. The number of nitrogens with zero attached hydrogens (tertiary/aromatic N) is 3. The smallest absolute Gasteiger partial charge is 0.236 e. The fourth-order valence-electron chi connectivity index (χ4n) is 2.92. The summed E-state index contributed by atoms with van der Waals surface area (Å²) in [5.41, 5.74) is 5.28. The van der Waals surface area contributed by atoms with Crippen molar-refractivity contribution in [1.82, 2.24) is 14.1 Å². The number of carbonyl (C=O) groups is 2. The molecule has 2 heterocycles. The first-order chi connectivity index (χ1) is 10.3. The van der Waals surface area contributed by atoms with Crippen LogP contribution in [-0.2, 0) is 19.6 Å². The third-order valence-electron chi connectivity index (χ3n) is 4.41. The highest BCUT2D eigenvalue weighted by atomic mass is 32.2. The molecule has 2 N–H and O–H groups in total. The van der Waals surface area contributed by atoms with E-state index in [0.29, 0.717) is 58.7 Å². The SMILES string of the molecule is CS(=O)(=O)N1CCN(CC(=O)N2CCC(C(N)=O)CC2)CC1. The van der Waals surface area contributed by atoms with Crippen molar-refractivity contribution in [2.75, 3.05) is 52.1 Å². The van der Waals surface area contributed by atoms with Crippen LogP contribution in [0.2, 0.25) is 0 Å². The molecule has 2 aliphatic heterocycles. The molecule has 2 aliphatic rings. The molecule has 0 atom stereocenters. The van der Waals surface area contributed by atoms with E-state index < -0.39 is 10.0 Å². The average molecular weight is 332 g/mol. The number of likely N-dealkylation sites (tertiary alicyclic amines) is 1. The van der Waals surface area contributed by atoms with Crippen LogP contribution in [0.25, 0.3) is 0 Å². The van der Waals surface area contributed by atoms with Gasteiger partial charge in [-0.15, -0.1) is 0 Å². The molecule has 0 bridgehead atoms. The second kappa shape index (κ2) is 6.93. The summed E-state index contributed by atoms with van der Waals surface area (Å²) in [6, 6.07) is 0. The quantitative estimate of drug-likeness (QED) is 0.660. The predicted octanol–water partition coefficient (Wildman–Crippen LogP) is -1.71. The number of carbonyl (C=O) groups excluding carboxylic acids is 2. The lowest BCUT2D eigenvalue weighted by atomic mass is 9.96. The summed E-state index contributed by atoms with van der Waals surface area (Å²) in [7, 11) is -3.14. The van der Waals surface area contributed by atoms with Crippen LogP contribution < -0.4 is 5.73 Å². The van der Waals surface area contributed by atoms with Gasteiger partial charge in [-0.3, -0.25) is 14.5 Å². The van der Waals surface area contributed by atoms with Crippen LogP contribution in [0.3, 0.4) is 0 Å². The van der Waals surface area contributed by atoms with Gasteiger partial charge >= 0.3 is 0 Å². The van der Waals surface area contributed by atoms with E-state index >= 15 is 0 Å². The number of primary amides is 1. The van der Waals surface area contributed by atoms with E-state index in [9.17, 15) is 18.0 Å². The van der Waals surface area contributed by atoms with Crippen LogP contribution in [0.5, 0.6) is 0 Å². The summed E-state index contributed by atoms with van der Waals surface area (Å²) < 4.78 is 24.3. The molecule has 2 saturated heterocycles. The predicted molar refractivity (Wildman–Crippen MR) is 81.4 cm³/mol. The van der Waals surface area contributed by atoms with Crippen LogP contribution in [0.15, 0.2) is 0 Å². The average Bonchev–Trinajstić information content (AvgIpc) is 2.47. The number of sulfonamides is 1. The zero-order valence-corrected chi connectivity index (χ0v) is 13.7. The highest BCUT2D eigenvalue weighted by molar-refractivity contribution is 7.88. The molecule has 0 aromatic rings. The lowest BCUT2D eigenvalue weighted by Crippen LogP contribution is -2.52. The first-order valence-corrected chi connectivity index (χ1v) is 9.37. The maximum atomic E-state index is 12.3. The van der Waals surface area contributed by atoms with Crippen LogP contribution in [0.1, 0.15) is 12.8 Å². The second-order valence-electron chi connectivity index (χ2n) is 6.00. The van der Waals surface area contributed by atoms with Crippen molar-refractivity contribution in [3.63, 3.8) is 0 Å². The molecule has 2 fully saturated rings. The van der Waals surface area contributed by atoms with Crippen LogP contribution >= 0.6 is 0 Å². The van der Waals surface area contributed by atoms with E-state index in [1.807, 2.05) is 4.90 Å². The van der Waals surface area contributed by atoms with Crippen molar-refractivity contribution in [3.05, 3.63) is 0 Å². The fourth-order valence-corrected chi connectivity index (χ4v) is 3.75. The number of piperazine rings is 1. The minimum Gasteiger partial charge on any atom is -0.369 e. The van der Waals surface area contributed by atoms with Crippen molar-refractivity contribution >= 4 is 21.8 Å². The Kier molecular flexibility index (Phi) is 5.41. The van der Waals surface area contributed by atoms with Crippen LogP contribution in [-0.4, -0.2) is 86.4 Å². The number of amides is 2. The lowest BCUT2D eigenvalue weighted by Gasteiger charge is -2.35. The van der Waals surface area contributed by atoms with E-state index in [0.717, 1.165) is 0 Å². The van der Waals surface area contributed by atoms with Crippen molar-refractivity contribution in [2.24, 2.45) is 11.7 Å². The Hall–Kier alpha value is -1.19. The van der Waals surface area contributed by atoms with Gasteiger partial charge in [0.05, 0.1) is 12.8 Å². The summed E-state index contributed by atoms with van der Waals surface area (Å²) in [4.78, 5) is 27.1. The highest BCUT2D eigenvalue weighted by Crippen LogP contribution is 2.17. The van der Waals surface area contributed by atoms with E-state index in [1.54, 1.807) is 4.90 Å². The Morgan fingerprint density at radius 2 is 1.59 bits per heavy atom. The third kappa shape index (κ3) is 4.40. The number of nitrogens with two attached hydrogens (primary N) is 1. The first-order valence-electron chi connectivity index (χ1n) is 7.52. The first kappa shape index (κ1) is 17.2. The zero-order chi connectivity index (χ0) is 16.3. The second-order valence-corrected chi connectivity index (χ2v) is 7.98. The van der Waals surface area contributed by atoms with Crippen molar-refractivity contribution in [3.8, 4) is 0 Å². The van der Waals surface area contributed by atoms with Gasteiger partial charge in [0.2, 0.25) is 21.8 Å². The largest absolute Gasteiger partial charge is 0.369 e. The van der Waals surface area contributed by atoms with Gasteiger partial charge in [0, 0.05) is 45.2 Å². The zero-order valence-electron chi connectivity index (χ0n) is 12.9. The molecular weight excluding hydrogens is 308 g/mol. The standard InChI is InChI=1S/C13H24N4O4S/c1-22(20,21)17-8-6-15(7-9-17)10-12(18)16-4-2-11(3-5-16)13(14)19/h11H,2-10H2,1H3,(H2,14,19). The van der Waals surface area contributed by atoms with Crippen LogP contribution in [0.4, 0.5) is 0 Å². The number of piperidine rings is 1. The number of hydrogen-bond donors (Lipinski definition) is 1. The number of hydrogen-bond acceptors (Lipinski definition) is 5. The summed E-state index contributed by atoms with van der Waals surface area (Å²) in [6.45, 7) is 3.42. The monoisotopic (exact) mass is 332 g/mol. The molecule has 0 saturated carbocycles. The highest BCUT2D eigenvalue weighted by Gasteiger charge is 2.28. The Morgan fingerprint density at radius 3 is 2.05 bits per heavy atom. The lowest BCUT2D eigenvalue weighted by molar-refractivity contribution is -0.136. The minimum atomic E-state index is -3.14. The molecular formula is C13H24N4O4S. The maximum Gasteiger partial charge on any atom is 0.236 e. The molecule has 2 amide bonds. The Bertz CT molecular complexity index is 520. The van der Waals surface area contributed by atoms with Gasteiger partial charge in [-0.2, -0.15) is 4.31 Å². The molecule has 0 aromatic carbocycles. The molecule has 0 spiro atoms. The van der Waals surface area contributed by atoms with E-state index in [-0.39, 0.29) is 17.7 Å². The Labute approximate surface area is 131 Å². The van der Waals surface area contributed by atoms with Gasteiger partial charge < -0.3 is 10.6 Å². The van der Waals surface area contributed by atoms with Crippen molar-refractivity contribution < 1.29 is 18.0 Å². The summed E-state index contributed by atoms with van der Waals surface area (Å²) in [5.74, 6) is -0.373. The topological polar surface area (TPSA) is 104 Å². The molecule has 22 heavy (non-hydrogen) atoms. The molecule has 0 aromatic heterocycles. The van der Waals surface area contributed by atoms with Gasteiger partial charge in [-0.05, 0) is 12.8 Å². The fraction of sp³-hybridized carbons (Fsp3) is 0.846. The molecule has 0 aliphatic carbocycles. The molecule has 2 rings (SSSR count). The molecule has 0 unspecified atom stereocenters. The van der Waals surface area contributed by atoms with Crippen molar-refractivity contribution in [2.45, 2.75) is 12.8 Å². The third-order valence-corrected chi connectivity index (χ3v) is 5.71. The minimum absolute atomic E-state index is 0.0377. The van der Waals surface area contributed by atoms with E-state index in [1.165, 1.54) is 10.6 Å². The van der Waals surface area contributed by atoms with E-state index in [2.05, 4.69) is 0 Å². The summed E-state index contributed by atoms with van der Waals surface area (Å²) >= 11 is 0. The van der Waals surface area contributed by atoms with Crippen LogP contribution in [0, 0.1) is 5.92 Å². The maximum absolute atomic E-state index is 12.3. The molecule has 9 heteroatoms. The van der Waals surface area contributed by atoms with Gasteiger partial charge in [-0.25, -0.2) is 8.42 Å². The normalized spacial score (nSPS) is 22.7. The molecule has 126 valence electrons. The van der Waals surface area contributed by atoms with Gasteiger partial charge in [-0.1, -0.05) is 0 Å². The molecule has 0 radical (unpaired) electrons. The van der Waals surface area contributed by atoms with Gasteiger partial charge in [0.15, 0.2) is 0 Å². The summed E-state index contributed by atoms with van der Waals surface area (Å²) in [5, 5.41) is 0.